The summed E-state index contributed by atoms with van der Waals surface area (Å²) in [5, 5.41) is 12.3. The number of allylic oxidation sites excluding steroid dienone is 1. The number of aromatic nitrogens is 3. The Kier molecular flexibility index (Phi) is 6.18. The minimum atomic E-state index is -0.0582. The molecular formula is C23H24N4O2S. The summed E-state index contributed by atoms with van der Waals surface area (Å²) in [7, 11) is 1.64. The fourth-order valence-electron chi connectivity index (χ4n) is 3.62. The van der Waals surface area contributed by atoms with Gasteiger partial charge < -0.3 is 10.1 Å². The van der Waals surface area contributed by atoms with Crippen LogP contribution in [0.1, 0.15) is 17.5 Å². The van der Waals surface area contributed by atoms with E-state index in [1.165, 1.54) is 29.3 Å². The quantitative estimate of drug-likeness (QED) is 0.433. The van der Waals surface area contributed by atoms with Gasteiger partial charge in [-0.1, -0.05) is 23.9 Å². The summed E-state index contributed by atoms with van der Waals surface area (Å²) in [6.07, 6.45) is 5.21. The summed E-state index contributed by atoms with van der Waals surface area (Å²) in [5.74, 6) is 1.72. The SMILES string of the molecule is C=CCn1c(SCC(=O)Nc2ccc3c(c2)CCC3)nnc1-c1ccc(OC)cc1. The molecule has 0 saturated heterocycles. The fourth-order valence-corrected chi connectivity index (χ4v) is 4.37. The zero-order chi connectivity index (χ0) is 20.9. The third-order valence-electron chi connectivity index (χ3n) is 5.09. The Labute approximate surface area is 180 Å². The van der Waals surface area contributed by atoms with Crippen molar-refractivity contribution in [2.75, 3.05) is 18.2 Å². The van der Waals surface area contributed by atoms with Crippen molar-refractivity contribution in [3.05, 3.63) is 66.2 Å². The van der Waals surface area contributed by atoms with Crippen LogP contribution in [0.4, 0.5) is 5.69 Å². The maximum atomic E-state index is 12.5. The van der Waals surface area contributed by atoms with Crippen LogP contribution in [0.2, 0.25) is 0 Å². The van der Waals surface area contributed by atoms with Crippen LogP contribution >= 0.6 is 11.8 Å². The van der Waals surface area contributed by atoms with Crippen LogP contribution in [0.25, 0.3) is 11.4 Å². The molecule has 1 aliphatic carbocycles. The number of carbonyl (C=O) groups excluding carboxylic acids is 1. The molecular weight excluding hydrogens is 396 g/mol. The van der Waals surface area contributed by atoms with Crippen molar-refractivity contribution in [1.82, 2.24) is 14.8 Å². The first-order valence-electron chi connectivity index (χ1n) is 9.91. The molecule has 7 heteroatoms. The summed E-state index contributed by atoms with van der Waals surface area (Å²) in [5.41, 5.74) is 4.52. The van der Waals surface area contributed by atoms with Gasteiger partial charge in [0.05, 0.1) is 12.9 Å². The zero-order valence-corrected chi connectivity index (χ0v) is 17.7. The highest BCUT2D eigenvalue weighted by Gasteiger charge is 2.16. The molecule has 0 radical (unpaired) electrons. The molecule has 0 unspecified atom stereocenters. The highest BCUT2D eigenvalue weighted by molar-refractivity contribution is 7.99. The first-order valence-corrected chi connectivity index (χ1v) is 10.9. The standard InChI is InChI=1S/C23H24N4O2S/c1-3-13-27-22(17-8-11-20(29-2)12-9-17)25-26-23(27)30-15-21(28)24-19-10-7-16-5-4-6-18(16)14-19/h3,7-12,14H,1,4-6,13,15H2,2H3,(H,24,28). The first-order chi connectivity index (χ1) is 14.7. The van der Waals surface area contributed by atoms with Crippen molar-refractivity contribution in [2.24, 2.45) is 0 Å². The smallest absolute Gasteiger partial charge is 0.234 e. The van der Waals surface area contributed by atoms with Crippen molar-refractivity contribution in [3.63, 3.8) is 0 Å². The summed E-state index contributed by atoms with van der Waals surface area (Å²) >= 11 is 1.37. The lowest BCUT2D eigenvalue weighted by Gasteiger charge is -2.09. The Morgan fingerprint density at radius 2 is 2.00 bits per heavy atom. The van der Waals surface area contributed by atoms with Gasteiger partial charge in [0, 0.05) is 17.8 Å². The van der Waals surface area contributed by atoms with Gasteiger partial charge in [-0.25, -0.2) is 0 Å². The number of nitrogens with one attached hydrogen (secondary N) is 1. The molecule has 30 heavy (non-hydrogen) atoms. The number of amides is 1. The number of thioether (sulfide) groups is 1. The second-order valence-electron chi connectivity index (χ2n) is 7.11. The van der Waals surface area contributed by atoms with Gasteiger partial charge in [-0.05, 0) is 66.8 Å². The van der Waals surface area contributed by atoms with E-state index in [-0.39, 0.29) is 11.7 Å². The molecule has 0 bridgehead atoms. The second kappa shape index (κ2) is 9.17. The minimum absolute atomic E-state index is 0.0582. The summed E-state index contributed by atoms with van der Waals surface area (Å²) in [6.45, 7) is 4.39. The molecule has 1 heterocycles. The molecule has 1 aliphatic rings. The average Bonchev–Trinajstić information content (AvgIpc) is 3.39. The van der Waals surface area contributed by atoms with Gasteiger partial charge in [-0.2, -0.15) is 0 Å². The number of fused-ring (bicyclic) bond motifs is 1. The van der Waals surface area contributed by atoms with Crippen LogP contribution in [0.3, 0.4) is 0 Å². The predicted octanol–water partition coefficient (Wildman–Crippen LogP) is 4.36. The number of methoxy groups -OCH3 is 1. The van der Waals surface area contributed by atoms with E-state index in [1.54, 1.807) is 13.2 Å². The van der Waals surface area contributed by atoms with E-state index >= 15 is 0 Å². The zero-order valence-electron chi connectivity index (χ0n) is 16.9. The molecule has 6 nitrogen and oxygen atoms in total. The van der Waals surface area contributed by atoms with Crippen molar-refractivity contribution < 1.29 is 9.53 Å². The number of benzene rings is 2. The first kappa shape index (κ1) is 20.2. The van der Waals surface area contributed by atoms with E-state index in [1.807, 2.05) is 34.9 Å². The van der Waals surface area contributed by atoms with E-state index in [0.717, 1.165) is 35.7 Å². The van der Waals surface area contributed by atoms with E-state index in [4.69, 9.17) is 4.74 Å². The average molecular weight is 421 g/mol. The molecule has 0 saturated carbocycles. The van der Waals surface area contributed by atoms with Gasteiger partial charge in [0.1, 0.15) is 5.75 Å². The van der Waals surface area contributed by atoms with Crippen LogP contribution in [0.15, 0.2) is 60.3 Å². The Hall–Kier alpha value is -3.06. The normalized spacial score (nSPS) is 12.4. The molecule has 2 aromatic carbocycles. The maximum absolute atomic E-state index is 12.5. The highest BCUT2D eigenvalue weighted by Crippen LogP contribution is 2.27. The molecule has 1 N–H and O–H groups in total. The molecule has 4 rings (SSSR count). The van der Waals surface area contributed by atoms with Crippen LogP contribution < -0.4 is 10.1 Å². The summed E-state index contributed by atoms with van der Waals surface area (Å²) in [4.78, 5) is 12.5. The molecule has 0 fully saturated rings. The van der Waals surface area contributed by atoms with Crippen molar-refractivity contribution >= 4 is 23.4 Å². The van der Waals surface area contributed by atoms with Crippen molar-refractivity contribution in [3.8, 4) is 17.1 Å². The van der Waals surface area contributed by atoms with Gasteiger partial charge in [0.15, 0.2) is 11.0 Å². The van der Waals surface area contributed by atoms with Crippen LogP contribution in [0.5, 0.6) is 5.75 Å². The van der Waals surface area contributed by atoms with Gasteiger partial charge in [-0.3, -0.25) is 9.36 Å². The van der Waals surface area contributed by atoms with E-state index in [0.29, 0.717) is 11.7 Å². The molecule has 154 valence electrons. The van der Waals surface area contributed by atoms with E-state index in [2.05, 4.69) is 34.2 Å². The summed E-state index contributed by atoms with van der Waals surface area (Å²) in [6, 6.07) is 13.8. The fraction of sp³-hybridized carbons (Fsp3) is 0.261. The Morgan fingerprint density at radius 3 is 2.77 bits per heavy atom. The molecule has 0 spiro atoms. The minimum Gasteiger partial charge on any atom is -0.497 e. The Bertz CT molecular complexity index is 1060. The van der Waals surface area contributed by atoms with Gasteiger partial charge in [0.2, 0.25) is 5.91 Å². The molecule has 1 amide bonds. The molecule has 3 aromatic rings. The third-order valence-corrected chi connectivity index (χ3v) is 6.06. The number of hydrogen-bond donors (Lipinski definition) is 1. The Morgan fingerprint density at radius 1 is 1.20 bits per heavy atom. The lowest BCUT2D eigenvalue weighted by molar-refractivity contribution is -0.113. The highest BCUT2D eigenvalue weighted by atomic mass is 32.2. The number of aryl methyl sites for hydroxylation is 2. The number of carbonyl (C=O) groups is 1. The van der Waals surface area contributed by atoms with Crippen LogP contribution in [-0.2, 0) is 24.2 Å². The van der Waals surface area contributed by atoms with Crippen molar-refractivity contribution in [1.29, 1.82) is 0 Å². The van der Waals surface area contributed by atoms with Gasteiger partial charge >= 0.3 is 0 Å². The van der Waals surface area contributed by atoms with Crippen LogP contribution in [-0.4, -0.2) is 33.5 Å². The monoisotopic (exact) mass is 420 g/mol. The number of nitrogens with zero attached hydrogens (tertiary/aromatic N) is 3. The van der Waals surface area contributed by atoms with Gasteiger partial charge in [-0.15, -0.1) is 16.8 Å². The lowest BCUT2D eigenvalue weighted by atomic mass is 10.1. The topological polar surface area (TPSA) is 69.0 Å². The predicted molar refractivity (Wildman–Crippen MR) is 120 cm³/mol. The Balaban J connectivity index is 1.44. The largest absolute Gasteiger partial charge is 0.497 e. The van der Waals surface area contributed by atoms with Crippen LogP contribution in [0, 0.1) is 0 Å². The summed E-state index contributed by atoms with van der Waals surface area (Å²) < 4.78 is 7.18. The molecule has 0 atom stereocenters. The number of ether oxygens (including phenoxy) is 1. The second-order valence-corrected chi connectivity index (χ2v) is 8.05. The number of hydrogen-bond acceptors (Lipinski definition) is 5. The van der Waals surface area contributed by atoms with Crippen molar-refractivity contribution in [2.45, 2.75) is 31.0 Å². The van der Waals surface area contributed by atoms with Gasteiger partial charge in [0.25, 0.3) is 0 Å². The van der Waals surface area contributed by atoms with E-state index in [9.17, 15) is 4.79 Å². The third kappa shape index (κ3) is 4.41. The number of rotatable bonds is 8. The number of anilines is 1. The molecule has 0 aliphatic heterocycles. The van der Waals surface area contributed by atoms with E-state index < -0.39 is 0 Å². The molecule has 1 aromatic heterocycles. The lowest BCUT2D eigenvalue weighted by Crippen LogP contribution is -2.15. The maximum Gasteiger partial charge on any atom is 0.234 e.